The Morgan fingerprint density at radius 1 is 0.964 bits per heavy atom. The number of carbonyl (C=O) groups is 2. The van der Waals surface area contributed by atoms with Gasteiger partial charge in [-0.2, -0.15) is 0 Å². The van der Waals surface area contributed by atoms with E-state index in [0.717, 1.165) is 33.7 Å². The fourth-order valence-corrected chi connectivity index (χ4v) is 3.62. The van der Waals surface area contributed by atoms with Gasteiger partial charge in [-0.1, -0.05) is 36.2 Å². The highest BCUT2D eigenvalue weighted by Crippen LogP contribution is 2.34. The Morgan fingerprint density at radius 3 is 2.07 bits per heavy atom. The Morgan fingerprint density at radius 2 is 1.54 bits per heavy atom. The van der Waals surface area contributed by atoms with Gasteiger partial charge >= 0.3 is 6.36 Å². The van der Waals surface area contributed by atoms with Crippen molar-refractivity contribution in [3.05, 3.63) is 59.2 Å². The number of nitrogens with zero attached hydrogens (tertiary/aromatic N) is 1. The van der Waals surface area contributed by atoms with Crippen LogP contribution in [0.3, 0.4) is 0 Å². The second-order valence-corrected chi connectivity index (χ2v) is 7.15. The Labute approximate surface area is 160 Å². The van der Waals surface area contributed by atoms with Gasteiger partial charge in [0.1, 0.15) is 5.75 Å². The highest BCUT2D eigenvalue weighted by molar-refractivity contribution is 6.22. The molecule has 1 heterocycles. The van der Waals surface area contributed by atoms with E-state index in [1.807, 2.05) is 32.0 Å². The molecule has 2 aromatic rings. The van der Waals surface area contributed by atoms with Crippen LogP contribution >= 0.6 is 0 Å². The number of benzene rings is 2. The van der Waals surface area contributed by atoms with E-state index >= 15 is 0 Å². The van der Waals surface area contributed by atoms with Crippen molar-refractivity contribution in [1.29, 1.82) is 0 Å². The normalized spacial score (nSPS) is 20.0. The van der Waals surface area contributed by atoms with Gasteiger partial charge in [0.2, 0.25) is 11.8 Å². The van der Waals surface area contributed by atoms with E-state index < -0.39 is 23.9 Å². The van der Waals surface area contributed by atoms with E-state index in [-0.39, 0.29) is 17.5 Å². The minimum atomic E-state index is -4.80. The van der Waals surface area contributed by atoms with Gasteiger partial charge in [-0.25, -0.2) is 0 Å². The zero-order valence-electron chi connectivity index (χ0n) is 15.7. The van der Waals surface area contributed by atoms with Crippen molar-refractivity contribution in [1.82, 2.24) is 0 Å². The third-order valence-electron chi connectivity index (χ3n) is 4.82. The summed E-state index contributed by atoms with van der Waals surface area (Å²) in [4.78, 5) is 26.6. The number of carbonyl (C=O) groups excluding carboxylic acids is 2. The maximum Gasteiger partial charge on any atom is 0.573 e. The monoisotopic (exact) mass is 391 g/mol. The first-order chi connectivity index (χ1) is 13.0. The third kappa shape index (κ3) is 4.18. The van der Waals surface area contributed by atoms with Crippen molar-refractivity contribution in [3.63, 3.8) is 0 Å². The van der Waals surface area contributed by atoms with Gasteiger partial charge in [0, 0.05) is 5.92 Å². The summed E-state index contributed by atoms with van der Waals surface area (Å²) < 4.78 is 40.7. The maximum atomic E-state index is 12.9. The molecule has 0 radical (unpaired) electrons. The van der Waals surface area contributed by atoms with E-state index in [4.69, 9.17) is 0 Å². The van der Waals surface area contributed by atoms with Crippen LogP contribution in [0, 0.1) is 25.7 Å². The number of aryl methyl sites for hydroxylation is 2. The highest BCUT2D eigenvalue weighted by Gasteiger charge is 2.45. The number of alkyl halides is 3. The number of halogens is 3. The minimum absolute atomic E-state index is 0.235. The van der Waals surface area contributed by atoms with E-state index in [1.165, 1.54) is 12.1 Å². The van der Waals surface area contributed by atoms with Crippen molar-refractivity contribution in [2.45, 2.75) is 33.6 Å². The molecule has 1 aliphatic rings. The number of anilines is 1. The van der Waals surface area contributed by atoms with Crippen molar-refractivity contribution in [3.8, 4) is 5.75 Å². The molecule has 7 heteroatoms. The number of hydrogen-bond donors (Lipinski definition) is 0. The largest absolute Gasteiger partial charge is 0.573 e. The standard InChI is InChI=1S/C21H20F3NO3/c1-12-8-13(2)10-15(9-12)11-18-14(3)19(26)25(20(18)27)16-4-6-17(7-5-16)28-21(22,23)24/h4-10,14,18H,11H2,1-3H3/t14-,18+/m1/s1. The maximum absolute atomic E-state index is 12.9. The molecule has 0 aromatic heterocycles. The number of imide groups is 1. The summed E-state index contributed by atoms with van der Waals surface area (Å²) >= 11 is 0. The average molecular weight is 391 g/mol. The molecule has 148 valence electrons. The van der Waals surface area contributed by atoms with Crippen molar-refractivity contribution in [2.75, 3.05) is 4.90 Å². The number of hydrogen-bond acceptors (Lipinski definition) is 3. The molecule has 4 nitrogen and oxygen atoms in total. The van der Waals surface area contributed by atoms with E-state index in [2.05, 4.69) is 4.74 Å². The predicted molar refractivity (Wildman–Crippen MR) is 97.9 cm³/mol. The van der Waals surface area contributed by atoms with Gasteiger partial charge in [0.25, 0.3) is 0 Å². The highest BCUT2D eigenvalue weighted by atomic mass is 19.4. The van der Waals surface area contributed by atoms with E-state index in [9.17, 15) is 22.8 Å². The second kappa shape index (κ2) is 7.30. The van der Waals surface area contributed by atoms with Gasteiger partial charge in [-0.3, -0.25) is 14.5 Å². The van der Waals surface area contributed by atoms with E-state index in [0.29, 0.717) is 6.42 Å². The zero-order valence-corrected chi connectivity index (χ0v) is 15.7. The van der Waals surface area contributed by atoms with Crippen LogP contribution in [-0.4, -0.2) is 18.2 Å². The molecule has 2 amide bonds. The van der Waals surface area contributed by atoms with Gasteiger partial charge < -0.3 is 4.74 Å². The molecule has 2 atom stereocenters. The molecule has 0 unspecified atom stereocenters. The lowest BCUT2D eigenvalue weighted by atomic mass is 9.89. The molecule has 2 aromatic carbocycles. The topological polar surface area (TPSA) is 46.6 Å². The lowest BCUT2D eigenvalue weighted by Crippen LogP contribution is -2.31. The third-order valence-corrected chi connectivity index (χ3v) is 4.82. The Bertz CT molecular complexity index is 886. The Balaban J connectivity index is 1.82. The number of rotatable bonds is 4. The van der Waals surface area contributed by atoms with Crippen LogP contribution in [0.4, 0.5) is 18.9 Å². The summed E-state index contributed by atoms with van der Waals surface area (Å²) in [6.45, 7) is 5.64. The predicted octanol–water partition coefficient (Wildman–Crippen LogP) is 4.57. The van der Waals surface area contributed by atoms with Gasteiger partial charge in [0.15, 0.2) is 0 Å². The van der Waals surface area contributed by atoms with Crippen molar-refractivity contribution in [2.24, 2.45) is 11.8 Å². The van der Waals surface area contributed by atoms with Crippen molar-refractivity contribution >= 4 is 17.5 Å². The van der Waals surface area contributed by atoms with Crippen LogP contribution in [-0.2, 0) is 16.0 Å². The fourth-order valence-electron chi connectivity index (χ4n) is 3.62. The molecular formula is C21H20F3NO3. The molecule has 1 saturated heterocycles. The lowest BCUT2D eigenvalue weighted by molar-refractivity contribution is -0.274. The molecule has 0 bridgehead atoms. The fraction of sp³-hybridized carbons (Fsp3) is 0.333. The Kier molecular flexibility index (Phi) is 5.19. The van der Waals surface area contributed by atoms with Crippen LogP contribution in [0.2, 0.25) is 0 Å². The minimum Gasteiger partial charge on any atom is -0.406 e. The molecule has 3 rings (SSSR count). The first kappa shape index (κ1) is 19.9. The summed E-state index contributed by atoms with van der Waals surface area (Å²) in [7, 11) is 0. The number of amides is 2. The summed E-state index contributed by atoms with van der Waals surface area (Å²) in [5, 5.41) is 0. The smallest absolute Gasteiger partial charge is 0.406 e. The quantitative estimate of drug-likeness (QED) is 0.718. The van der Waals surface area contributed by atoms with Crippen LogP contribution in [0.1, 0.15) is 23.6 Å². The van der Waals surface area contributed by atoms with Crippen LogP contribution < -0.4 is 9.64 Å². The molecule has 0 saturated carbocycles. The molecule has 1 fully saturated rings. The molecule has 0 spiro atoms. The van der Waals surface area contributed by atoms with Crippen LogP contribution in [0.15, 0.2) is 42.5 Å². The zero-order chi connectivity index (χ0) is 20.6. The second-order valence-electron chi connectivity index (χ2n) is 7.15. The molecule has 28 heavy (non-hydrogen) atoms. The average Bonchev–Trinajstić information content (AvgIpc) is 2.77. The molecule has 0 aliphatic carbocycles. The molecule has 1 aliphatic heterocycles. The van der Waals surface area contributed by atoms with Gasteiger partial charge in [-0.15, -0.1) is 13.2 Å². The van der Waals surface area contributed by atoms with Crippen LogP contribution in [0.5, 0.6) is 5.75 Å². The summed E-state index contributed by atoms with van der Waals surface area (Å²) in [6, 6.07) is 10.8. The van der Waals surface area contributed by atoms with Crippen LogP contribution in [0.25, 0.3) is 0 Å². The molecule has 0 N–H and O–H groups in total. The first-order valence-electron chi connectivity index (χ1n) is 8.86. The molecular weight excluding hydrogens is 371 g/mol. The first-order valence-corrected chi connectivity index (χ1v) is 8.86. The van der Waals surface area contributed by atoms with Gasteiger partial charge in [0.05, 0.1) is 11.6 Å². The van der Waals surface area contributed by atoms with E-state index in [1.54, 1.807) is 6.92 Å². The SMILES string of the molecule is Cc1cc(C)cc(C[C@@H]2C(=O)N(c3ccc(OC(F)(F)F)cc3)C(=O)[C@@H]2C)c1. The Hall–Kier alpha value is -2.83. The summed E-state index contributed by atoms with van der Waals surface area (Å²) in [5.41, 5.74) is 3.37. The van der Waals surface area contributed by atoms with Gasteiger partial charge in [-0.05, 0) is 50.1 Å². The summed E-state index contributed by atoms with van der Waals surface area (Å²) in [5.74, 6) is -2.14. The summed E-state index contributed by atoms with van der Waals surface area (Å²) in [6.07, 6.45) is -4.37. The number of ether oxygens (including phenoxy) is 1. The van der Waals surface area contributed by atoms with Crippen molar-refractivity contribution < 1.29 is 27.5 Å². The lowest BCUT2D eigenvalue weighted by Gasteiger charge is -2.16.